The van der Waals surface area contributed by atoms with Gasteiger partial charge in [0.15, 0.2) is 11.0 Å². The second kappa shape index (κ2) is 4.87. The van der Waals surface area contributed by atoms with Crippen molar-refractivity contribution in [1.82, 2.24) is 24.7 Å². The number of nitrogens with one attached hydrogen (secondary N) is 1. The van der Waals surface area contributed by atoms with Gasteiger partial charge in [-0.3, -0.25) is 4.57 Å². The summed E-state index contributed by atoms with van der Waals surface area (Å²) in [5.41, 5.74) is 5.31. The van der Waals surface area contributed by atoms with Crippen molar-refractivity contribution in [3.8, 4) is 0 Å². The van der Waals surface area contributed by atoms with Crippen molar-refractivity contribution >= 4 is 17.6 Å². The van der Waals surface area contributed by atoms with E-state index in [9.17, 15) is 4.79 Å². The molecule has 0 saturated heterocycles. The molecular weight excluding hydrogens is 258 g/mol. The lowest BCUT2D eigenvalue weighted by Crippen LogP contribution is -2.15. The van der Waals surface area contributed by atoms with Crippen molar-refractivity contribution in [2.45, 2.75) is 10.2 Å². The van der Waals surface area contributed by atoms with E-state index in [0.29, 0.717) is 10.2 Å². The molecule has 0 unspecified atom stereocenters. The zero-order valence-electron chi connectivity index (χ0n) is 9.23. The van der Waals surface area contributed by atoms with Crippen LogP contribution in [0.15, 0.2) is 32.5 Å². The van der Waals surface area contributed by atoms with Crippen LogP contribution in [-0.2, 0) is 7.05 Å². The summed E-state index contributed by atoms with van der Waals surface area (Å²) in [6, 6.07) is 0. The topological polar surface area (TPSA) is 135 Å². The predicted octanol–water partition coefficient (Wildman–Crippen LogP) is -0.856. The van der Waals surface area contributed by atoms with Gasteiger partial charge in [0.1, 0.15) is 10.7 Å². The zero-order chi connectivity index (χ0) is 13.1. The molecule has 9 nitrogen and oxygen atoms in total. The third-order valence-corrected chi connectivity index (χ3v) is 3.00. The first kappa shape index (κ1) is 12.1. The fraction of sp³-hybridized carbons (Fsp3) is 0.125. The molecule has 0 aliphatic rings. The number of aromatic nitrogens is 5. The Morgan fingerprint density at radius 2 is 2.33 bits per heavy atom. The highest BCUT2D eigenvalue weighted by Crippen LogP contribution is 2.21. The second-order valence-electron chi connectivity index (χ2n) is 3.20. The van der Waals surface area contributed by atoms with Crippen LogP contribution in [0.2, 0.25) is 0 Å². The van der Waals surface area contributed by atoms with Crippen LogP contribution in [0.25, 0.3) is 0 Å². The van der Waals surface area contributed by atoms with Gasteiger partial charge in [0.25, 0.3) is 0 Å². The number of aromatic amines is 1. The van der Waals surface area contributed by atoms with Crippen LogP contribution in [-0.4, -0.2) is 35.8 Å². The predicted molar refractivity (Wildman–Crippen MR) is 62.5 cm³/mol. The quantitative estimate of drug-likeness (QED) is 0.285. The van der Waals surface area contributed by atoms with Gasteiger partial charge in [0.2, 0.25) is 0 Å². The van der Waals surface area contributed by atoms with Gasteiger partial charge in [0, 0.05) is 7.05 Å². The van der Waals surface area contributed by atoms with Crippen molar-refractivity contribution in [3.05, 3.63) is 28.6 Å². The molecule has 0 atom stereocenters. The van der Waals surface area contributed by atoms with Crippen LogP contribution in [0.5, 0.6) is 0 Å². The summed E-state index contributed by atoms with van der Waals surface area (Å²) in [6.07, 6.45) is 2.80. The summed E-state index contributed by atoms with van der Waals surface area (Å²) < 4.78 is 1.35. The molecule has 0 fully saturated rings. The molecule has 2 heterocycles. The van der Waals surface area contributed by atoms with E-state index in [-0.39, 0.29) is 17.2 Å². The SMILES string of the molecule is Cn1c(Sc2cnc(C(N)=NO)cn2)n[nH]c1=O. The van der Waals surface area contributed by atoms with Gasteiger partial charge in [-0.05, 0) is 11.8 Å². The summed E-state index contributed by atoms with van der Waals surface area (Å²) in [7, 11) is 1.59. The summed E-state index contributed by atoms with van der Waals surface area (Å²) >= 11 is 1.17. The van der Waals surface area contributed by atoms with Crippen LogP contribution < -0.4 is 11.4 Å². The molecule has 0 saturated carbocycles. The van der Waals surface area contributed by atoms with E-state index in [1.165, 1.54) is 28.7 Å². The first-order chi connectivity index (χ1) is 8.61. The summed E-state index contributed by atoms with van der Waals surface area (Å²) in [5.74, 6) is -0.119. The molecule has 0 aliphatic heterocycles. The number of hydrogen-bond acceptors (Lipinski definition) is 7. The monoisotopic (exact) mass is 267 g/mol. The maximum Gasteiger partial charge on any atom is 0.343 e. The first-order valence-corrected chi connectivity index (χ1v) is 5.52. The maximum atomic E-state index is 11.1. The lowest BCUT2D eigenvalue weighted by atomic mass is 10.4. The number of amidine groups is 1. The molecule has 94 valence electrons. The average molecular weight is 267 g/mol. The van der Waals surface area contributed by atoms with Crippen molar-refractivity contribution in [2.24, 2.45) is 17.9 Å². The standard InChI is InChI=1S/C8H9N7O2S/c1-15-7(16)12-13-8(15)18-5-3-10-4(2-11-5)6(9)14-17/h2-3,17H,1H3,(H2,9,14)(H,12,16). The van der Waals surface area contributed by atoms with Crippen molar-refractivity contribution in [1.29, 1.82) is 0 Å². The molecular formula is C8H9N7O2S. The largest absolute Gasteiger partial charge is 0.409 e. The number of H-pyrrole nitrogens is 1. The van der Waals surface area contributed by atoms with E-state index >= 15 is 0 Å². The van der Waals surface area contributed by atoms with Crippen LogP contribution >= 0.6 is 11.8 Å². The average Bonchev–Trinajstić information content (AvgIpc) is 2.71. The first-order valence-electron chi connectivity index (χ1n) is 4.71. The van der Waals surface area contributed by atoms with Crippen molar-refractivity contribution in [3.63, 3.8) is 0 Å². The number of rotatable bonds is 3. The van der Waals surface area contributed by atoms with Gasteiger partial charge in [0.05, 0.1) is 12.4 Å². The molecule has 18 heavy (non-hydrogen) atoms. The van der Waals surface area contributed by atoms with E-state index in [1.807, 2.05) is 0 Å². The molecule has 0 amide bonds. The Morgan fingerprint density at radius 3 is 2.83 bits per heavy atom. The molecule has 0 radical (unpaired) electrons. The third kappa shape index (κ3) is 2.32. The fourth-order valence-electron chi connectivity index (χ4n) is 1.07. The minimum absolute atomic E-state index is 0.119. The van der Waals surface area contributed by atoms with Gasteiger partial charge < -0.3 is 10.9 Å². The summed E-state index contributed by atoms with van der Waals surface area (Å²) in [6.45, 7) is 0. The highest BCUT2D eigenvalue weighted by molar-refractivity contribution is 7.99. The van der Waals surface area contributed by atoms with Crippen LogP contribution in [0.4, 0.5) is 0 Å². The fourth-order valence-corrected chi connectivity index (χ4v) is 1.78. The van der Waals surface area contributed by atoms with E-state index < -0.39 is 0 Å². The number of nitrogens with two attached hydrogens (primary N) is 1. The smallest absolute Gasteiger partial charge is 0.343 e. The second-order valence-corrected chi connectivity index (χ2v) is 4.19. The minimum Gasteiger partial charge on any atom is -0.409 e. The van der Waals surface area contributed by atoms with Crippen LogP contribution in [0.1, 0.15) is 5.69 Å². The number of nitrogens with zero attached hydrogens (tertiary/aromatic N) is 5. The number of hydrogen-bond donors (Lipinski definition) is 3. The Hall–Kier alpha value is -2.36. The van der Waals surface area contributed by atoms with Crippen LogP contribution in [0, 0.1) is 0 Å². The molecule has 0 spiro atoms. The molecule has 4 N–H and O–H groups in total. The maximum absolute atomic E-state index is 11.1. The van der Waals surface area contributed by atoms with Gasteiger partial charge in [-0.15, -0.1) is 5.10 Å². The molecule has 0 aromatic carbocycles. The molecule has 2 aromatic rings. The molecule has 0 bridgehead atoms. The molecule has 2 aromatic heterocycles. The molecule has 2 rings (SSSR count). The Morgan fingerprint density at radius 1 is 1.56 bits per heavy atom. The molecule has 10 heteroatoms. The Kier molecular flexibility index (Phi) is 3.28. The van der Waals surface area contributed by atoms with E-state index in [4.69, 9.17) is 10.9 Å². The van der Waals surface area contributed by atoms with Gasteiger partial charge in [-0.1, -0.05) is 5.16 Å². The third-order valence-electron chi connectivity index (χ3n) is 2.03. The van der Waals surface area contributed by atoms with Gasteiger partial charge >= 0.3 is 5.69 Å². The zero-order valence-corrected chi connectivity index (χ0v) is 10.0. The minimum atomic E-state index is -0.307. The van der Waals surface area contributed by atoms with Crippen LogP contribution in [0.3, 0.4) is 0 Å². The van der Waals surface area contributed by atoms with Gasteiger partial charge in [-0.25, -0.2) is 19.9 Å². The van der Waals surface area contributed by atoms with E-state index in [0.717, 1.165) is 0 Å². The Balaban J connectivity index is 2.21. The summed E-state index contributed by atoms with van der Waals surface area (Å²) in [4.78, 5) is 19.2. The van der Waals surface area contributed by atoms with E-state index in [2.05, 4.69) is 25.3 Å². The lowest BCUT2D eigenvalue weighted by molar-refractivity contribution is 0.318. The highest BCUT2D eigenvalue weighted by atomic mass is 32.2. The Labute approximate surface area is 105 Å². The normalized spacial score (nSPS) is 11.7. The lowest BCUT2D eigenvalue weighted by Gasteiger charge is -2.00. The van der Waals surface area contributed by atoms with Gasteiger partial charge in [-0.2, -0.15) is 0 Å². The van der Waals surface area contributed by atoms with Crippen molar-refractivity contribution in [2.75, 3.05) is 0 Å². The highest BCUT2D eigenvalue weighted by Gasteiger charge is 2.08. The van der Waals surface area contributed by atoms with Crippen molar-refractivity contribution < 1.29 is 5.21 Å². The number of oxime groups is 1. The Bertz CT molecular complexity index is 630. The van der Waals surface area contributed by atoms with E-state index in [1.54, 1.807) is 7.05 Å². The molecule has 0 aliphatic carbocycles. The summed E-state index contributed by atoms with van der Waals surface area (Å²) in [5, 5.41) is 18.4.